The Hall–Kier alpha value is -3.39. The second-order valence-corrected chi connectivity index (χ2v) is 7.13. The average Bonchev–Trinajstić information content (AvgIpc) is 3.05. The van der Waals surface area contributed by atoms with E-state index in [0.29, 0.717) is 27.1 Å². The fourth-order valence-corrected chi connectivity index (χ4v) is 3.73. The van der Waals surface area contributed by atoms with Gasteiger partial charge in [0.2, 0.25) is 0 Å². The predicted octanol–water partition coefficient (Wildman–Crippen LogP) is 4.60. The van der Waals surface area contributed by atoms with Crippen LogP contribution in [0.5, 0.6) is 17.2 Å². The van der Waals surface area contributed by atoms with E-state index >= 15 is 0 Å². The molecule has 0 aliphatic carbocycles. The minimum Gasteiger partial charge on any atom is -0.508 e. The first kappa shape index (κ1) is 21.3. The summed E-state index contributed by atoms with van der Waals surface area (Å²) in [5.41, 5.74) is 1.21. The third-order valence-corrected chi connectivity index (χ3v) is 5.19. The van der Waals surface area contributed by atoms with Gasteiger partial charge in [0.25, 0.3) is 0 Å². The molecule has 0 amide bonds. The highest BCUT2D eigenvalue weighted by molar-refractivity contribution is 8.18. The number of thioether (sulfide) groups is 1. The van der Waals surface area contributed by atoms with Crippen LogP contribution in [-0.4, -0.2) is 42.1 Å². The summed E-state index contributed by atoms with van der Waals surface area (Å²) in [5, 5.41) is 20.5. The number of benzene rings is 2. The molecule has 156 valence electrons. The van der Waals surface area contributed by atoms with E-state index in [2.05, 4.69) is 4.99 Å². The fraction of sp³-hybridized carbons (Fsp3) is 0.182. The predicted molar refractivity (Wildman–Crippen MR) is 117 cm³/mol. The normalized spacial score (nSPS) is 16.2. The van der Waals surface area contributed by atoms with Crippen LogP contribution in [0.15, 0.2) is 63.7 Å². The molecule has 0 spiro atoms. The molecule has 0 aromatic heterocycles. The van der Waals surface area contributed by atoms with Gasteiger partial charge in [-0.1, -0.05) is 23.9 Å². The molecule has 1 heterocycles. The number of esters is 1. The summed E-state index contributed by atoms with van der Waals surface area (Å²) >= 11 is 1.14. The Kier molecular flexibility index (Phi) is 6.68. The van der Waals surface area contributed by atoms with E-state index in [9.17, 15) is 15.0 Å². The number of nitrogens with zero attached hydrogens (tertiary/aromatic N) is 1. The van der Waals surface area contributed by atoms with Gasteiger partial charge in [0, 0.05) is 6.07 Å². The van der Waals surface area contributed by atoms with Crippen molar-refractivity contribution in [2.24, 2.45) is 4.99 Å². The van der Waals surface area contributed by atoms with E-state index in [1.807, 2.05) is 0 Å². The van der Waals surface area contributed by atoms with Crippen molar-refractivity contribution in [1.82, 2.24) is 0 Å². The lowest BCUT2D eigenvalue weighted by Gasteiger charge is -2.08. The minimum atomic E-state index is -0.664. The van der Waals surface area contributed by atoms with Crippen LogP contribution >= 0.6 is 11.8 Å². The van der Waals surface area contributed by atoms with Crippen molar-refractivity contribution in [3.05, 3.63) is 64.3 Å². The highest BCUT2D eigenvalue weighted by Crippen LogP contribution is 2.42. The molecule has 8 heteroatoms. The zero-order valence-electron chi connectivity index (χ0n) is 16.7. The second kappa shape index (κ2) is 9.41. The topological polar surface area (TPSA) is 97.6 Å². The molecule has 2 aromatic carbocycles. The third-order valence-electron chi connectivity index (χ3n) is 4.17. The Morgan fingerprint density at radius 2 is 1.83 bits per heavy atom. The van der Waals surface area contributed by atoms with E-state index in [0.717, 1.165) is 17.3 Å². The van der Waals surface area contributed by atoms with Crippen LogP contribution in [0.1, 0.15) is 12.5 Å². The number of methoxy groups -OCH3 is 2. The van der Waals surface area contributed by atoms with Gasteiger partial charge in [0.05, 0.1) is 25.7 Å². The highest BCUT2D eigenvalue weighted by Gasteiger charge is 2.33. The lowest BCUT2D eigenvalue weighted by molar-refractivity contribution is -0.138. The van der Waals surface area contributed by atoms with Crippen LogP contribution < -0.4 is 9.47 Å². The van der Waals surface area contributed by atoms with Crippen molar-refractivity contribution < 1.29 is 29.2 Å². The smallest absolute Gasteiger partial charge is 0.344 e. The van der Waals surface area contributed by atoms with Crippen molar-refractivity contribution in [2.75, 3.05) is 20.8 Å². The Morgan fingerprint density at radius 1 is 1.10 bits per heavy atom. The number of aromatic hydroxyl groups is 1. The lowest BCUT2D eigenvalue weighted by atomic mass is 10.1. The van der Waals surface area contributed by atoms with Crippen molar-refractivity contribution >= 4 is 34.5 Å². The molecular formula is C22H21NO6S. The van der Waals surface area contributed by atoms with E-state index in [1.54, 1.807) is 50.4 Å². The van der Waals surface area contributed by atoms with Crippen LogP contribution in [0.2, 0.25) is 0 Å². The van der Waals surface area contributed by atoms with E-state index in [4.69, 9.17) is 14.2 Å². The fourth-order valence-electron chi connectivity index (χ4n) is 2.70. The Bertz CT molecular complexity index is 1040. The Morgan fingerprint density at radius 3 is 2.47 bits per heavy atom. The monoisotopic (exact) mass is 427 g/mol. The standard InChI is InChI=1S/C22H21NO6S/c1-4-29-22(26)19-20(25)18(11-13-5-7-14(24)8-6-13)30-21(19)23-16-10-9-15(27-2)12-17(16)28-3/h5-12,24-25H,4H2,1-3H3. The maximum Gasteiger partial charge on any atom is 0.344 e. The Balaban J connectivity index is 2.06. The number of phenols is 1. The van der Waals surface area contributed by atoms with Gasteiger partial charge < -0.3 is 24.4 Å². The zero-order valence-corrected chi connectivity index (χ0v) is 17.5. The first-order valence-electron chi connectivity index (χ1n) is 9.07. The quantitative estimate of drug-likeness (QED) is 0.650. The maximum absolute atomic E-state index is 12.5. The number of aliphatic hydroxyl groups excluding tert-OH is 1. The van der Waals surface area contributed by atoms with Gasteiger partial charge in [0.15, 0.2) is 0 Å². The molecule has 0 saturated carbocycles. The largest absolute Gasteiger partial charge is 0.508 e. The van der Waals surface area contributed by atoms with Gasteiger partial charge in [-0.25, -0.2) is 9.79 Å². The summed E-state index contributed by atoms with van der Waals surface area (Å²) in [6.45, 7) is 1.85. The second-order valence-electron chi connectivity index (χ2n) is 6.10. The minimum absolute atomic E-state index is 0.00949. The summed E-state index contributed by atoms with van der Waals surface area (Å²) in [5.74, 6) is 0.325. The molecule has 0 radical (unpaired) electrons. The van der Waals surface area contributed by atoms with Gasteiger partial charge in [-0.15, -0.1) is 0 Å². The molecule has 0 unspecified atom stereocenters. The lowest BCUT2D eigenvalue weighted by Crippen LogP contribution is -2.12. The van der Waals surface area contributed by atoms with E-state index < -0.39 is 5.97 Å². The number of hydrogen-bond acceptors (Lipinski definition) is 8. The summed E-state index contributed by atoms with van der Waals surface area (Å²) in [4.78, 5) is 17.5. The molecule has 1 aliphatic rings. The third kappa shape index (κ3) is 4.60. The summed E-state index contributed by atoms with van der Waals surface area (Å²) in [6.07, 6.45) is 1.70. The molecule has 3 rings (SSSR count). The van der Waals surface area contributed by atoms with Crippen LogP contribution in [0.4, 0.5) is 5.69 Å². The summed E-state index contributed by atoms with van der Waals surface area (Å²) < 4.78 is 15.7. The molecule has 30 heavy (non-hydrogen) atoms. The molecule has 0 atom stereocenters. The van der Waals surface area contributed by atoms with Crippen molar-refractivity contribution in [1.29, 1.82) is 0 Å². The molecule has 2 aromatic rings. The molecule has 0 saturated heterocycles. The van der Waals surface area contributed by atoms with Gasteiger partial charge in [-0.2, -0.15) is 0 Å². The van der Waals surface area contributed by atoms with Crippen molar-refractivity contribution in [2.45, 2.75) is 6.92 Å². The number of phenolic OH excluding ortho intramolecular Hbond substituents is 1. The number of carbonyl (C=O) groups excluding carboxylic acids is 1. The number of hydrogen-bond donors (Lipinski definition) is 2. The maximum atomic E-state index is 12.5. The van der Waals surface area contributed by atoms with Crippen molar-refractivity contribution in [3.63, 3.8) is 0 Å². The molecule has 0 bridgehead atoms. The van der Waals surface area contributed by atoms with Crippen LogP contribution in [-0.2, 0) is 9.53 Å². The van der Waals surface area contributed by atoms with Crippen molar-refractivity contribution in [3.8, 4) is 17.2 Å². The number of rotatable bonds is 6. The van der Waals surface area contributed by atoms with Gasteiger partial charge in [-0.3, -0.25) is 0 Å². The molecule has 2 N–H and O–H groups in total. The highest BCUT2D eigenvalue weighted by atomic mass is 32.2. The SMILES string of the molecule is CCOC(=O)C1=C(O)C(=Cc2ccc(O)cc2)SC1=Nc1ccc(OC)cc1OC. The van der Waals surface area contributed by atoms with Crippen LogP contribution in [0.3, 0.4) is 0 Å². The number of aliphatic imine (C=N–C) groups is 1. The number of carbonyl (C=O) groups is 1. The first-order chi connectivity index (χ1) is 14.5. The zero-order chi connectivity index (χ0) is 21.7. The molecule has 1 aliphatic heterocycles. The van der Waals surface area contributed by atoms with E-state index in [-0.39, 0.29) is 23.7 Å². The molecule has 7 nitrogen and oxygen atoms in total. The van der Waals surface area contributed by atoms with Crippen LogP contribution in [0.25, 0.3) is 6.08 Å². The van der Waals surface area contributed by atoms with Gasteiger partial charge in [-0.05, 0) is 42.8 Å². The van der Waals surface area contributed by atoms with Gasteiger partial charge >= 0.3 is 5.97 Å². The Labute approximate surface area is 178 Å². The first-order valence-corrected chi connectivity index (χ1v) is 9.88. The molecule has 0 fully saturated rings. The molecular weight excluding hydrogens is 406 g/mol. The van der Waals surface area contributed by atoms with Crippen LogP contribution in [0, 0.1) is 0 Å². The van der Waals surface area contributed by atoms with E-state index in [1.165, 1.54) is 19.2 Å². The average molecular weight is 427 g/mol. The summed E-state index contributed by atoms with van der Waals surface area (Å²) in [7, 11) is 3.06. The summed E-state index contributed by atoms with van der Waals surface area (Å²) in [6, 6.07) is 11.6. The number of ether oxygens (including phenoxy) is 3. The van der Waals surface area contributed by atoms with Gasteiger partial charge in [0.1, 0.15) is 39.3 Å². The number of aliphatic hydroxyl groups is 1.